The van der Waals surface area contributed by atoms with Gasteiger partial charge in [0, 0.05) is 0 Å². The molecule has 1 aromatic carbocycles. The molecule has 0 atom stereocenters. The van der Waals surface area contributed by atoms with Gasteiger partial charge in [0.25, 0.3) is 0 Å². The zero-order chi connectivity index (χ0) is 14.7. The lowest BCUT2D eigenvalue weighted by atomic mass is 10.1. The smallest absolute Gasteiger partial charge is 0.169 e. The van der Waals surface area contributed by atoms with E-state index in [1.165, 1.54) is 0 Å². The van der Waals surface area contributed by atoms with E-state index >= 15 is 0 Å². The maximum atomic E-state index is 6.03. The summed E-state index contributed by atoms with van der Waals surface area (Å²) in [6.45, 7) is 4.99. The molecule has 1 aromatic heterocycles. The number of nitrogens with zero attached hydrogens (tertiary/aromatic N) is 3. The van der Waals surface area contributed by atoms with Gasteiger partial charge in [-0.15, -0.1) is 5.10 Å². The lowest BCUT2D eigenvalue weighted by Crippen LogP contribution is -2.14. The molecule has 0 aliphatic heterocycles. The van der Waals surface area contributed by atoms with Gasteiger partial charge in [0.15, 0.2) is 11.6 Å². The number of hydrogen-bond acceptors (Lipinski definition) is 4. The van der Waals surface area contributed by atoms with Crippen LogP contribution in [-0.2, 0) is 6.54 Å². The first-order valence-electron chi connectivity index (χ1n) is 6.26. The van der Waals surface area contributed by atoms with Crippen molar-refractivity contribution in [3.05, 3.63) is 33.9 Å². The maximum absolute atomic E-state index is 6.03. The molecule has 2 rings (SSSR count). The zero-order valence-corrected chi connectivity index (χ0v) is 12.8. The molecule has 20 heavy (non-hydrogen) atoms. The fraction of sp³-hybridized carbons (Fsp3) is 0.385. The summed E-state index contributed by atoms with van der Waals surface area (Å²) < 4.78 is 7.36. The van der Waals surface area contributed by atoms with Crippen molar-refractivity contribution in [1.29, 1.82) is 0 Å². The first kappa shape index (κ1) is 14.9. The van der Waals surface area contributed by atoms with Crippen LogP contribution in [0.5, 0.6) is 5.75 Å². The van der Waals surface area contributed by atoms with Crippen molar-refractivity contribution in [1.82, 2.24) is 15.0 Å². The molecule has 0 radical (unpaired) electrons. The van der Waals surface area contributed by atoms with Crippen LogP contribution in [-0.4, -0.2) is 21.6 Å². The summed E-state index contributed by atoms with van der Waals surface area (Å²) in [5.41, 5.74) is 6.70. The van der Waals surface area contributed by atoms with Crippen LogP contribution >= 0.6 is 23.2 Å². The van der Waals surface area contributed by atoms with Gasteiger partial charge in [0.2, 0.25) is 0 Å². The van der Waals surface area contributed by atoms with Gasteiger partial charge in [-0.05, 0) is 18.1 Å². The Morgan fingerprint density at radius 1 is 1.30 bits per heavy atom. The molecule has 0 bridgehead atoms. The van der Waals surface area contributed by atoms with Crippen LogP contribution < -0.4 is 10.5 Å². The SMILES string of the molecule is CC(C)c1c(N)nnn1CCOc1c(Cl)cccc1Cl. The predicted molar refractivity (Wildman–Crippen MR) is 80.5 cm³/mol. The Labute approximate surface area is 127 Å². The summed E-state index contributed by atoms with van der Waals surface area (Å²) in [5.74, 6) is 1.18. The van der Waals surface area contributed by atoms with Gasteiger partial charge in [-0.1, -0.05) is 48.3 Å². The molecule has 108 valence electrons. The van der Waals surface area contributed by atoms with Crippen LogP contribution in [0, 0.1) is 0 Å². The third kappa shape index (κ3) is 3.16. The Bertz CT molecular complexity index is 578. The molecule has 0 aliphatic carbocycles. The molecule has 0 fully saturated rings. The Morgan fingerprint density at radius 2 is 1.95 bits per heavy atom. The second kappa shape index (κ2) is 6.33. The highest BCUT2D eigenvalue weighted by atomic mass is 35.5. The van der Waals surface area contributed by atoms with Gasteiger partial charge in [-0.3, -0.25) is 0 Å². The molecule has 0 spiro atoms. The zero-order valence-electron chi connectivity index (χ0n) is 11.3. The van der Waals surface area contributed by atoms with E-state index in [1.807, 2.05) is 13.8 Å². The Kier molecular flexibility index (Phi) is 4.73. The number of para-hydroxylation sites is 1. The first-order valence-corrected chi connectivity index (χ1v) is 7.02. The van der Waals surface area contributed by atoms with Crippen molar-refractivity contribution in [2.75, 3.05) is 12.3 Å². The average molecular weight is 315 g/mol. The molecule has 7 heteroatoms. The van der Waals surface area contributed by atoms with Gasteiger partial charge in [-0.2, -0.15) is 0 Å². The highest BCUT2D eigenvalue weighted by Gasteiger charge is 2.14. The lowest BCUT2D eigenvalue weighted by molar-refractivity contribution is 0.287. The van der Waals surface area contributed by atoms with Gasteiger partial charge in [0.1, 0.15) is 6.61 Å². The minimum atomic E-state index is 0.244. The van der Waals surface area contributed by atoms with Crippen LogP contribution in [0.1, 0.15) is 25.5 Å². The van der Waals surface area contributed by atoms with Gasteiger partial charge >= 0.3 is 0 Å². The summed E-state index contributed by atoms with van der Waals surface area (Å²) >= 11 is 12.1. The van der Waals surface area contributed by atoms with Gasteiger partial charge in [0.05, 0.1) is 22.3 Å². The van der Waals surface area contributed by atoms with E-state index < -0.39 is 0 Å². The van der Waals surface area contributed by atoms with Crippen LogP contribution in [0.15, 0.2) is 18.2 Å². The van der Waals surface area contributed by atoms with Crippen molar-refractivity contribution < 1.29 is 4.74 Å². The minimum absolute atomic E-state index is 0.244. The maximum Gasteiger partial charge on any atom is 0.169 e. The molecular weight excluding hydrogens is 299 g/mol. The number of benzene rings is 1. The molecule has 0 aliphatic rings. The first-order chi connectivity index (χ1) is 9.50. The molecule has 2 N–H and O–H groups in total. The summed E-state index contributed by atoms with van der Waals surface area (Å²) in [7, 11) is 0. The molecule has 2 aromatic rings. The predicted octanol–water partition coefficient (Wildman–Crippen LogP) is 3.37. The monoisotopic (exact) mass is 314 g/mol. The standard InChI is InChI=1S/C13H16Cl2N4O/c1-8(2)11-13(16)17-18-19(11)6-7-20-12-9(14)4-3-5-10(12)15/h3-5,8H,6-7,16H2,1-2H3. The van der Waals surface area contributed by atoms with Gasteiger partial charge in [-0.25, -0.2) is 4.68 Å². The van der Waals surface area contributed by atoms with Crippen LogP contribution in [0.2, 0.25) is 10.0 Å². The van der Waals surface area contributed by atoms with E-state index in [0.717, 1.165) is 5.69 Å². The Morgan fingerprint density at radius 3 is 2.55 bits per heavy atom. The second-order valence-electron chi connectivity index (χ2n) is 4.64. The molecular formula is C13H16Cl2N4O. The fourth-order valence-electron chi connectivity index (χ4n) is 1.95. The van der Waals surface area contributed by atoms with Crippen LogP contribution in [0.3, 0.4) is 0 Å². The van der Waals surface area contributed by atoms with Crippen molar-refractivity contribution in [3.8, 4) is 5.75 Å². The van der Waals surface area contributed by atoms with Crippen molar-refractivity contribution in [2.24, 2.45) is 0 Å². The molecule has 0 saturated heterocycles. The normalized spacial score (nSPS) is 11.1. The fourth-order valence-corrected chi connectivity index (χ4v) is 2.45. The van der Waals surface area contributed by atoms with E-state index in [4.69, 9.17) is 33.7 Å². The van der Waals surface area contributed by atoms with E-state index in [1.54, 1.807) is 22.9 Å². The minimum Gasteiger partial charge on any atom is -0.489 e. The van der Waals surface area contributed by atoms with E-state index in [-0.39, 0.29) is 5.92 Å². The molecule has 1 heterocycles. The number of hydrogen-bond donors (Lipinski definition) is 1. The van der Waals surface area contributed by atoms with Crippen molar-refractivity contribution in [3.63, 3.8) is 0 Å². The Hall–Kier alpha value is -1.46. The quantitative estimate of drug-likeness (QED) is 0.918. The second-order valence-corrected chi connectivity index (χ2v) is 5.45. The largest absolute Gasteiger partial charge is 0.489 e. The summed E-state index contributed by atoms with van der Waals surface area (Å²) in [6, 6.07) is 5.23. The summed E-state index contributed by atoms with van der Waals surface area (Å²) in [5, 5.41) is 8.86. The average Bonchev–Trinajstić information content (AvgIpc) is 2.74. The number of rotatable bonds is 5. The number of halogens is 2. The topological polar surface area (TPSA) is 66.0 Å². The van der Waals surface area contributed by atoms with Crippen molar-refractivity contribution in [2.45, 2.75) is 26.3 Å². The number of aromatic nitrogens is 3. The van der Waals surface area contributed by atoms with E-state index in [2.05, 4.69) is 10.3 Å². The van der Waals surface area contributed by atoms with Gasteiger partial charge < -0.3 is 10.5 Å². The highest BCUT2D eigenvalue weighted by Crippen LogP contribution is 2.32. The highest BCUT2D eigenvalue weighted by molar-refractivity contribution is 6.37. The molecule has 5 nitrogen and oxygen atoms in total. The molecule has 0 saturated carbocycles. The number of anilines is 1. The van der Waals surface area contributed by atoms with E-state index in [9.17, 15) is 0 Å². The number of ether oxygens (including phenoxy) is 1. The summed E-state index contributed by atoms with van der Waals surface area (Å²) in [4.78, 5) is 0. The van der Waals surface area contributed by atoms with Crippen molar-refractivity contribution >= 4 is 29.0 Å². The lowest BCUT2D eigenvalue weighted by Gasteiger charge is -2.12. The van der Waals surface area contributed by atoms with E-state index in [0.29, 0.717) is 34.8 Å². The third-order valence-corrected chi connectivity index (χ3v) is 3.41. The van der Waals surface area contributed by atoms with Crippen LogP contribution in [0.25, 0.3) is 0 Å². The molecule has 0 unspecified atom stereocenters. The third-order valence-electron chi connectivity index (χ3n) is 2.82. The Balaban J connectivity index is 2.04. The number of nitrogens with two attached hydrogens (primary N) is 1. The summed E-state index contributed by atoms with van der Waals surface area (Å²) in [6.07, 6.45) is 0. The van der Waals surface area contributed by atoms with Crippen LogP contribution in [0.4, 0.5) is 5.82 Å². The number of nitrogen functional groups attached to an aromatic ring is 1. The molecule has 0 amide bonds.